The lowest BCUT2D eigenvalue weighted by Gasteiger charge is -2.31. The number of hydrogen-bond acceptors (Lipinski definition) is 3. The fraction of sp³-hybridized carbons (Fsp3) is 0.481. The third-order valence-electron chi connectivity index (χ3n) is 5.20. The Bertz CT molecular complexity index is 895. The maximum Gasteiger partial charge on any atom is 0.261 e. The molecule has 2 aromatic carbocycles. The van der Waals surface area contributed by atoms with Crippen LogP contribution in [-0.2, 0) is 21.4 Å². The zero-order valence-corrected chi connectivity index (χ0v) is 20.6. The summed E-state index contributed by atoms with van der Waals surface area (Å²) in [5, 5.41) is 2.98. The molecule has 0 aliphatic rings. The monoisotopic (exact) mass is 438 g/mol. The van der Waals surface area contributed by atoms with Crippen molar-refractivity contribution in [2.75, 3.05) is 13.2 Å². The van der Waals surface area contributed by atoms with Crippen LogP contribution in [0.15, 0.2) is 54.6 Å². The van der Waals surface area contributed by atoms with Gasteiger partial charge in [-0.25, -0.2) is 0 Å². The smallest absolute Gasteiger partial charge is 0.261 e. The summed E-state index contributed by atoms with van der Waals surface area (Å²) in [5.41, 5.74) is 1.68. The largest absolute Gasteiger partial charge is 0.483 e. The van der Waals surface area contributed by atoms with Gasteiger partial charge in [-0.1, -0.05) is 69.3 Å². The number of carbonyl (C=O) groups is 2. The Labute approximate surface area is 193 Å². The Morgan fingerprint density at radius 1 is 0.938 bits per heavy atom. The van der Waals surface area contributed by atoms with Gasteiger partial charge in [0.15, 0.2) is 6.61 Å². The van der Waals surface area contributed by atoms with Crippen molar-refractivity contribution >= 4 is 11.8 Å². The third kappa shape index (κ3) is 7.70. The van der Waals surface area contributed by atoms with Crippen LogP contribution in [0.4, 0.5) is 0 Å². The molecular weight excluding hydrogens is 400 g/mol. The molecule has 0 heterocycles. The van der Waals surface area contributed by atoms with E-state index in [-0.39, 0.29) is 29.4 Å². The Morgan fingerprint density at radius 2 is 1.53 bits per heavy atom. The van der Waals surface area contributed by atoms with Crippen molar-refractivity contribution in [3.05, 3.63) is 65.7 Å². The third-order valence-corrected chi connectivity index (χ3v) is 5.20. The van der Waals surface area contributed by atoms with Gasteiger partial charge in [-0.05, 0) is 56.7 Å². The summed E-state index contributed by atoms with van der Waals surface area (Å²) in [7, 11) is 0. The molecule has 1 N–H and O–H groups in total. The van der Waals surface area contributed by atoms with E-state index in [0.717, 1.165) is 11.1 Å². The maximum atomic E-state index is 13.2. The number of ether oxygens (including phenoxy) is 1. The van der Waals surface area contributed by atoms with Gasteiger partial charge in [-0.3, -0.25) is 9.59 Å². The van der Waals surface area contributed by atoms with Crippen molar-refractivity contribution in [3.63, 3.8) is 0 Å². The SMILES string of the molecule is C[C@H](C(=O)NC(C)(C)C)N(CCc1ccccc1)C(=O)COc1ccccc1C(C)(C)C. The van der Waals surface area contributed by atoms with Crippen molar-refractivity contribution in [2.45, 2.75) is 71.9 Å². The van der Waals surface area contributed by atoms with Gasteiger partial charge in [0.25, 0.3) is 5.91 Å². The fourth-order valence-electron chi connectivity index (χ4n) is 3.48. The highest BCUT2D eigenvalue weighted by Crippen LogP contribution is 2.31. The molecule has 0 bridgehead atoms. The molecule has 2 rings (SSSR count). The second-order valence-corrected chi connectivity index (χ2v) is 10.3. The highest BCUT2D eigenvalue weighted by molar-refractivity contribution is 5.88. The quantitative estimate of drug-likeness (QED) is 0.648. The van der Waals surface area contributed by atoms with Crippen LogP contribution in [0.1, 0.15) is 59.6 Å². The molecule has 0 spiro atoms. The Hall–Kier alpha value is -2.82. The Kier molecular flexibility index (Phi) is 8.48. The van der Waals surface area contributed by atoms with E-state index in [1.165, 1.54) is 0 Å². The minimum Gasteiger partial charge on any atom is -0.483 e. The molecule has 5 nitrogen and oxygen atoms in total. The Balaban J connectivity index is 2.17. The van der Waals surface area contributed by atoms with Crippen LogP contribution in [0.25, 0.3) is 0 Å². The lowest BCUT2D eigenvalue weighted by atomic mass is 9.86. The van der Waals surface area contributed by atoms with Crippen LogP contribution in [0.2, 0.25) is 0 Å². The van der Waals surface area contributed by atoms with E-state index < -0.39 is 6.04 Å². The second kappa shape index (κ2) is 10.7. The highest BCUT2D eigenvalue weighted by Gasteiger charge is 2.28. The Morgan fingerprint density at radius 3 is 2.12 bits per heavy atom. The van der Waals surface area contributed by atoms with Gasteiger partial charge >= 0.3 is 0 Å². The first-order chi connectivity index (χ1) is 14.9. The molecule has 174 valence electrons. The minimum absolute atomic E-state index is 0.105. The minimum atomic E-state index is -0.605. The zero-order chi connectivity index (χ0) is 23.9. The van der Waals surface area contributed by atoms with Gasteiger partial charge in [0.2, 0.25) is 5.91 Å². The predicted octanol–water partition coefficient (Wildman–Crippen LogP) is 4.74. The molecule has 5 heteroatoms. The molecular formula is C27H38N2O3. The van der Waals surface area contributed by atoms with E-state index in [2.05, 4.69) is 26.1 Å². The average Bonchev–Trinajstić information content (AvgIpc) is 2.71. The second-order valence-electron chi connectivity index (χ2n) is 10.3. The first kappa shape index (κ1) is 25.4. The number of para-hydroxylation sites is 1. The average molecular weight is 439 g/mol. The summed E-state index contributed by atoms with van der Waals surface area (Å²) in [6.45, 7) is 14.2. The zero-order valence-electron chi connectivity index (χ0n) is 20.6. The van der Waals surface area contributed by atoms with E-state index in [9.17, 15) is 9.59 Å². The van der Waals surface area contributed by atoms with Gasteiger partial charge in [0, 0.05) is 12.1 Å². The first-order valence-electron chi connectivity index (χ1n) is 11.3. The lowest BCUT2D eigenvalue weighted by molar-refractivity contribution is -0.142. The molecule has 0 saturated carbocycles. The lowest BCUT2D eigenvalue weighted by Crippen LogP contribution is -2.53. The van der Waals surface area contributed by atoms with Gasteiger partial charge < -0.3 is 15.0 Å². The summed E-state index contributed by atoms with van der Waals surface area (Å²) in [6, 6.07) is 17.1. The normalized spacial score (nSPS) is 12.7. The van der Waals surface area contributed by atoms with Gasteiger partial charge in [0.05, 0.1) is 0 Å². The topological polar surface area (TPSA) is 58.6 Å². The highest BCUT2D eigenvalue weighted by atomic mass is 16.5. The molecule has 2 amide bonds. The summed E-state index contributed by atoms with van der Waals surface area (Å²) in [4.78, 5) is 27.7. The first-order valence-corrected chi connectivity index (χ1v) is 11.3. The van der Waals surface area contributed by atoms with E-state index >= 15 is 0 Å². The standard InChI is InChI=1S/C27H38N2O3/c1-20(25(31)28-27(5,6)7)29(18-17-21-13-9-8-10-14-21)24(30)19-32-23-16-12-11-15-22(23)26(2,3)4/h8-16,20H,17-19H2,1-7H3,(H,28,31)/t20-/m1/s1. The van der Waals surface area contributed by atoms with E-state index in [1.807, 2.05) is 75.4 Å². The number of nitrogens with one attached hydrogen (secondary N) is 1. The fourth-order valence-corrected chi connectivity index (χ4v) is 3.48. The van der Waals surface area contributed by atoms with Crippen molar-refractivity contribution in [3.8, 4) is 5.75 Å². The van der Waals surface area contributed by atoms with E-state index in [4.69, 9.17) is 4.74 Å². The van der Waals surface area contributed by atoms with Crippen LogP contribution in [0, 0.1) is 0 Å². The molecule has 0 unspecified atom stereocenters. The predicted molar refractivity (Wildman–Crippen MR) is 130 cm³/mol. The molecule has 0 saturated heterocycles. The molecule has 2 aromatic rings. The van der Waals surface area contributed by atoms with Crippen LogP contribution < -0.4 is 10.1 Å². The van der Waals surface area contributed by atoms with E-state index in [1.54, 1.807) is 11.8 Å². The van der Waals surface area contributed by atoms with Gasteiger partial charge in [-0.2, -0.15) is 0 Å². The van der Waals surface area contributed by atoms with E-state index in [0.29, 0.717) is 18.7 Å². The number of amides is 2. The molecule has 0 aromatic heterocycles. The summed E-state index contributed by atoms with van der Waals surface area (Å²) >= 11 is 0. The van der Waals surface area contributed by atoms with Gasteiger partial charge in [-0.15, -0.1) is 0 Å². The molecule has 0 fully saturated rings. The van der Waals surface area contributed by atoms with Crippen molar-refractivity contribution in [1.29, 1.82) is 0 Å². The molecule has 1 atom stereocenters. The number of benzene rings is 2. The van der Waals surface area contributed by atoms with Crippen molar-refractivity contribution < 1.29 is 14.3 Å². The summed E-state index contributed by atoms with van der Waals surface area (Å²) in [5.74, 6) is 0.318. The maximum absolute atomic E-state index is 13.2. The summed E-state index contributed by atoms with van der Waals surface area (Å²) in [6.07, 6.45) is 0.665. The van der Waals surface area contributed by atoms with Crippen LogP contribution in [0.3, 0.4) is 0 Å². The van der Waals surface area contributed by atoms with Crippen LogP contribution in [-0.4, -0.2) is 41.4 Å². The number of nitrogens with zero attached hydrogens (tertiary/aromatic N) is 1. The van der Waals surface area contributed by atoms with Crippen LogP contribution >= 0.6 is 0 Å². The number of carbonyl (C=O) groups excluding carboxylic acids is 2. The van der Waals surface area contributed by atoms with Crippen molar-refractivity contribution in [1.82, 2.24) is 10.2 Å². The molecule has 0 radical (unpaired) electrons. The molecule has 0 aliphatic carbocycles. The van der Waals surface area contributed by atoms with Crippen molar-refractivity contribution in [2.24, 2.45) is 0 Å². The van der Waals surface area contributed by atoms with Gasteiger partial charge in [0.1, 0.15) is 11.8 Å². The summed E-state index contributed by atoms with van der Waals surface area (Å²) < 4.78 is 5.97. The number of rotatable bonds is 8. The molecule has 0 aliphatic heterocycles. The molecule has 32 heavy (non-hydrogen) atoms. The number of hydrogen-bond donors (Lipinski definition) is 1. The van der Waals surface area contributed by atoms with Crippen LogP contribution in [0.5, 0.6) is 5.75 Å².